The maximum absolute atomic E-state index is 12.4. The highest BCUT2D eigenvalue weighted by Crippen LogP contribution is 2.15. The molecule has 0 spiro atoms. The minimum Gasteiger partial charge on any atom is -0.322 e. The number of nitrogens with one attached hydrogen (secondary N) is 2. The van der Waals surface area contributed by atoms with Gasteiger partial charge in [0.05, 0.1) is 17.4 Å². The molecule has 138 valence electrons. The highest BCUT2D eigenvalue weighted by Gasteiger charge is 2.11. The van der Waals surface area contributed by atoms with Gasteiger partial charge in [0, 0.05) is 29.0 Å². The molecule has 2 heterocycles. The molecule has 0 fully saturated rings. The van der Waals surface area contributed by atoms with Gasteiger partial charge < -0.3 is 5.32 Å². The first kappa shape index (κ1) is 17.6. The van der Waals surface area contributed by atoms with Crippen LogP contribution in [0.2, 0.25) is 0 Å². The van der Waals surface area contributed by atoms with Gasteiger partial charge in [0.2, 0.25) is 0 Å². The summed E-state index contributed by atoms with van der Waals surface area (Å²) in [6, 6.07) is 16.2. The Balaban J connectivity index is 1.41. The quantitative estimate of drug-likeness (QED) is 0.543. The predicted molar refractivity (Wildman–Crippen MR) is 108 cm³/mol. The van der Waals surface area contributed by atoms with Gasteiger partial charge in [-0.05, 0) is 36.4 Å². The molecule has 0 radical (unpaired) electrons. The van der Waals surface area contributed by atoms with E-state index in [1.54, 1.807) is 46.7 Å². The molecule has 2 aromatic heterocycles. The zero-order valence-corrected chi connectivity index (χ0v) is 15.4. The molecule has 4 rings (SSSR count). The van der Waals surface area contributed by atoms with Crippen molar-refractivity contribution in [2.24, 2.45) is 0 Å². The summed E-state index contributed by atoms with van der Waals surface area (Å²) in [4.78, 5) is 28.6. The number of amides is 2. The van der Waals surface area contributed by atoms with E-state index < -0.39 is 0 Å². The Morgan fingerprint density at radius 1 is 0.893 bits per heavy atom. The molecule has 0 atom stereocenters. The third kappa shape index (κ3) is 3.97. The molecule has 0 saturated heterocycles. The number of thiazole rings is 1. The second-order valence-electron chi connectivity index (χ2n) is 5.83. The third-order valence-electron chi connectivity index (χ3n) is 3.92. The van der Waals surface area contributed by atoms with Crippen molar-refractivity contribution in [3.63, 3.8) is 0 Å². The Labute approximate surface area is 164 Å². The monoisotopic (exact) mass is 389 g/mol. The van der Waals surface area contributed by atoms with Gasteiger partial charge in [0.25, 0.3) is 11.8 Å². The minimum absolute atomic E-state index is 0.253. The molecule has 8 heteroatoms. The number of carbonyl (C=O) groups is 2. The fourth-order valence-electron chi connectivity index (χ4n) is 2.52. The molecule has 2 N–H and O–H groups in total. The van der Waals surface area contributed by atoms with E-state index in [2.05, 4.69) is 20.7 Å². The second-order valence-corrected chi connectivity index (χ2v) is 6.73. The Morgan fingerprint density at radius 3 is 2.36 bits per heavy atom. The zero-order valence-electron chi connectivity index (χ0n) is 14.6. The fourth-order valence-corrected chi connectivity index (χ4v) is 3.05. The molecule has 2 amide bonds. The van der Waals surface area contributed by atoms with Gasteiger partial charge in [-0.1, -0.05) is 18.2 Å². The van der Waals surface area contributed by atoms with Crippen LogP contribution in [0.15, 0.2) is 78.6 Å². The molecule has 4 aromatic rings. The summed E-state index contributed by atoms with van der Waals surface area (Å²) in [5.41, 5.74) is 2.37. The molecule has 0 unspecified atom stereocenters. The van der Waals surface area contributed by atoms with Gasteiger partial charge in [-0.3, -0.25) is 14.9 Å². The topological polar surface area (TPSA) is 88.9 Å². The van der Waals surface area contributed by atoms with Crippen molar-refractivity contribution in [2.75, 3.05) is 10.6 Å². The molecule has 0 aliphatic heterocycles. The second kappa shape index (κ2) is 7.85. The maximum atomic E-state index is 12.4. The van der Waals surface area contributed by atoms with E-state index in [1.807, 2.05) is 30.3 Å². The van der Waals surface area contributed by atoms with Crippen LogP contribution in [-0.4, -0.2) is 26.6 Å². The Morgan fingerprint density at radius 2 is 1.64 bits per heavy atom. The van der Waals surface area contributed by atoms with Crippen molar-refractivity contribution in [2.45, 2.75) is 0 Å². The lowest BCUT2D eigenvalue weighted by molar-refractivity contribution is 0.102. The number of hydrogen-bond donors (Lipinski definition) is 2. The van der Waals surface area contributed by atoms with Crippen molar-refractivity contribution < 1.29 is 9.59 Å². The molecule has 0 bridgehead atoms. The van der Waals surface area contributed by atoms with Crippen molar-refractivity contribution in [3.8, 4) is 5.69 Å². The van der Waals surface area contributed by atoms with E-state index in [9.17, 15) is 9.59 Å². The van der Waals surface area contributed by atoms with E-state index in [1.165, 1.54) is 17.5 Å². The molecule has 28 heavy (non-hydrogen) atoms. The molecule has 0 saturated carbocycles. The van der Waals surface area contributed by atoms with E-state index in [0.717, 1.165) is 5.69 Å². The summed E-state index contributed by atoms with van der Waals surface area (Å²) >= 11 is 1.35. The first-order chi connectivity index (χ1) is 13.7. The summed E-state index contributed by atoms with van der Waals surface area (Å²) in [7, 11) is 0. The molecule has 7 nitrogen and oxygen atoms in total. The van der Waals surface area contributed by atoms with Gasteiger partial charge >= 0.3 is 0 Å². The Hall–Kier alpha value is -3.78. The smallest absolute Gasteiger partial charge is 0.258 e. The van der Waals surface area contributed by atoms with Gasteiger partial charge in [-0.15, -0.1) is 11.3 Å². The average Bonchev–Trinajstić information content (AvgIpc) is 3.41. The van der Waals surface area contributed by atoms with E-state index in [4.69, 9.17) is 0 Å². The fraction of sp³-hybridized carbons (Fsp3) is 0. The highest BCUT2D eigenvalue weighted by atomic mass is 32.1. The van der Waals surface area contributed by atoms with E-state index in [-0.39, 0.29) is 11.8 Å². The first-order valence-electron chi connectivity index (χ1n) is 8.41. The SMILES string of the molecule is O=C(Nc1ccc(C(=O)Nc2nccs2)cc1)c1cnn(-c2ccccc2)c1. The number of rotatable bonds is 5. The summed E-state index contributed by atoms with van der Waals surface area (Å²) in [5.74, 6) is -0.529. The number of nitrogens with zero attached hydrogens (tertiary/aromatic N) is 3. The van der Waals surface area contributed by atoms with Crippen LogP contribution in [0.4, 0.5) is 10.8 Å². The van der Waals surface area contributed by atoms with E-state index in [0.29, 0.717) is 21.9 Å². The van der Waals surface area contributed by atoms with Crippen LogP contribution >= 0.6 is 11.3 Å². The van der Waals surface area contributed by atoms with Crippen LogP contribution in [0.3, 0.4) is 0 Å². The van der Waals surface area contributed by atoms with Gasteiger partial charge in [0.15, 0.2) is 5.13 Å². The van der Waals surface area contributed by atoms with Gasteiger partial charge in [-0.25, -0.2) is 9.67 Å². The average molecular weight is 389 g/mol. The lowest BCUT2D eigenvalue weighted by atomic mass is 10.2. The van der Waals surface area contributed by atoms with Crippen molar-refractivity contribution >= 4 is 34.0 Å². The van der Waals surface area contributed by atoms with Crippen LogP contribution in [0.5, 0.6) is 0 Å². The molecule has 0 aliphatic carbocycles. The number of para-hydroxylation sites is 1. The summed E-state index contributed by atoms with van der Waals surface area (Å²) in [6.45, 7) is 0. The number of carbonyl (C=O) groups excluding carboxylic acids is 2. The zero-order chi connectivity index (χ0) is 19.3. The largest absolute Gasteiger partial charge is 0.322 e. The van der Waals surface area contributed by atoms with Crippen LogP contribution in [-0.2, 0) is 0 Å². The van der Waals surface area contributed by atoms with Crippen LogP contribution < -0.4 is 10.6 Å². The molecule has 2 aromatic carbocycles. The molecular formula is C20H15N5O2S. The highest BCUT2D eigenvalue weighted by molar-refractivity contribution is 7.13. The van der Waals surface area contributed by atoms with Gasteiger partial charge in [0.1, 0.15) is 0 Å². The van der Waals surface area contributed by atoms with Crippen LogP contribution in [0.25, 0.3) is 5.69 Å². The standard InChI is InChI=1S/C20H15N5O2S/c26-18(24-20-21-10-11-28-20)14-6-8-16(9-7-14)23-19(27)15-12-22-25(13-15)17-4-2-1-3-5-17/h1-13H,(H,23,27)(H,21,24,26). The van der Waals surface area contributed by atoms with Crippen LogP contribution in [0.1, 0.15) is 20.7 Å². The van der Waals surface area contributed by atoms with Crippen molar-refractivity contribution in [3.05, 3.63) is 89.7 Å². The minimum atomic E-state index is -0.276. The summed E-state index contributed by atoms with van der Waals surface area (Å²) in [5, 5.41) is 12.1. The van der Waals surface area contributed by atoms with E-state index >= 15 is 0 Å². The predicted octanol–water partition coefficient (Wildman–Crippen LogP) is 3.83. The van der Waals surface area contributed by atoms with Crippen molar-refractivity contribution in [1.29, 1.82) is 0 Å². The number of hydrogen-bond acceptors (Lipinski definition) is 5. The number of anilines is 2. The van der Waals surface area contributed by atoms with Crippen molar-refractivity contribution in [1.82, 2.24) is 14.8 Å². The molecule has 0 aliphatic rings. The Bertz CT molecular complexity index is 1090. The lowest BCUT2D eigenvalue weighted by Gasteiger charge is -2.05. The number of aromatic nitrogens is 3. The summed E-state index contributed by atoms with van der Waals surface area (Å²) < 4.78 is 1.64. The maximum Gasteiger partial charge on any atom is 0.258 e. The lowest BCUT2D eigenvalue weighted by Crippen LogP contribution is -2.13. The van der Waals surface area contributed by atoms with Gasteiger partial charge in [-0.2, -0.15) is 5.10 Å². The Kier molecular flexibility index (Phi) is 4.94. The van der Waals surface area contributed by atoms with Crippen LogP contribution in [0, 0.1) is 0 Å². The normalized spacial score (nSPS) is 10.4. The summed E-state index contributed by atoms with van der Waals surface area (Å²) in [6.07, 6.45) is 4.80. The third-order valence-corrected chi connectivity index (χ3v) is 4.61. The molecular weight excluding hydrogens is 374 g/mol. The number of benzene rings is 2. The first-order valence-corrected chi connectivity index (χ1v) is 9.29.